The standard InChI is InChI=1S/C20H29NO3/c1-19(2,23)10-8-16-4-6-17(7-5-16)18(22)21-12-3-9-20(14-21)11-13-24-15-20/h4-7,23H,3,8-15H2,1-2H3/t20-/m1/s1. The van der Waals surface area contributed by atoms with Crippen LogP contribution in [0.3, 0.4) is 0 Å². The lowest BCUT2D eigenvalue weighted by molar-refractivity contribution is 0.0462. The number of carbonyl (C=O) groups excluding carboxylic acids is 1. The van der Waals surface area contributed by atoms with Crippen LogP contribution < -0.4 is 0 Å². The molecule has 4 nitrogen and oxygen atoms in total. The summed E-state index contributed by atoms with van der Waals surface area (Å²) in [6.45, 7) is 6.95. The van der Waals surface area contributed by atoms with Crippen LogP contribution in [0.25, 0.3) is 0 Å². The molecule has 2 saturated heterocycles. The zero-order valence-electron chi connectivity index (χ0n) is 14.9. The zero-order chi connectivity index (χ0) is 17.2. The van der Waals surface area contributed by atoms with E-state index in [9.17, 15) is 9.90 Å². The summed E-state index contributed by atoms with van der Waals surface area (Å²) in [5, 5.41) is 9.82. The van der Waals surface area contributed by atoms with Gasteiger partial charge in [-0.2, -0.15) is 0 Å². The summed E-state index contributed by atoms with van der Waals surface area (Å²) < 4.78 is 5.58. The second-order valence-electron chi connectivity index (χ2n) is 8.14. The van der Waals surface area contributed by atoms with E-state index in [1.165, 1.54) is 6.42 Å². The Morgan fingerprint density at radius 1 is 1.29 bits per heavy atom. The SMILES string of the molecule is CC(C)(O)CCc1ccc(C(=O)N2CCC[C@@]3(CCOC3)C2)cc1. The number of piperidine rings is 1. The monoisotopic (exact) mass is 331 g/mol. The molecule has 1 spiro atoms. The summed E-state index contributed by atoms with van der Waals surface area (Å²) in [7, 11) is 0. The first kappa shape index (κ1) is 17.4. The van der Waals surface area contributed by atoms with Gasteiger partial charge in [-0.3, -0.25) is 4.79 Å². The Bertz CT molecular complexity index is 568. The minimum absolute atomic E-state index is 0.134. The highest BCUT2D eigenvalue weighted by molar-refractivity contribution is 5.94. The second-order valence-corrected chi connectivity index (χ2v) is 8.14. The fraction of sp³-hybridized carbons (Fsp3) is 0.650. The van der Waals surface area contributed by atoms with E-state index < -0.39 is 5.60 Å². The highest BCUT2D eigenvalue weighted by atomic mass is 16.5. The van der Waals surface area contributed by atoms with E-state index in [2.05, 4.69) is 0 Å². The van der Waals surface area contributed by atoms with E-state index >= 15 is 0 Å². The van der Waals surface area contributed by atoms with Crippen molar-refractivity contribution in [2.75, 3.05) is 26.3 Å². The molecule has 0 radical (unpaired) electrons. The van der Waals surface area contributed by atoms with Crippen molar-refractivity contribution in [2.45, 2.75) is 51.6 Å². The molecule has 2 aliphatic rings. The molecular weight excluding hydrogens is 302 g/mol. The Balaban J connectivity index is 1.62. The fourth-order valence-corrected chi connectivity index (χ4v) is 3.80. The molecule has 2 fully saturated rings. The molecular formula is C20H29NO3. The lowest BCUT2D eigenvalue weighted by Crippen LogP contribution is -2.46. The van der Waals surface area contributed by atoms with Crippen molar-refractivity contribution in [3.63, 3.8) is 0 Å². The molecule has 1 atom stereocenters. The van der Waals surface area contributed by atoms with Crippen LogP contribution in [0, 0.1) is 5.41 Å². The first-order valence-corrected chi connectivity index (χ1v) is 9.05. The fourth-order valence-electron chi connectivity index (χ4n) is 3.80. The van der Waals surface area contributed by atoms with Gasteiger partial charge in [-0.15, -0.1) is 0 Å². The number of benzene rings is 1. The van der Waals surface area contributed by atoms with Gasteiger partial charge >= 0.3 is 0 Å². The van der Waals surface area contributed by atoms with Crippen molar-refractivity contribution < 1.29 is 14.6 Å². The summed E-state index contributed by atoms with van der Waals surface area (Å²) in [6, 6.07) is 7.87. The number of aliphatic hydroxyl groups is 1. The third-order valence-corrected chi connectivity index (χ3v) is 5.36. The molecule has 0 bridgehead atoms. The van der Waals surface area contributed by atoms with Crippen LogP contribution in [0.15, 0.2) is 24.3 Å². The predicted molar refractivity (Wildman–Crippen MR) is 94.1 cm³/mol. The number of carbonyl (C=O) groups is 1. The van der Waals surface area contributed by atoms with E-state index in [-0.39, 0.29) is 11.3 Å². The van der Waals surface area contributed by atoms with E-state index in [4.69, 9.17) is 4.74 Å². The van der Waals surface area contributed by atoms with Crippen LogP contribution in [0.2, 0.25) is 0 Å². The Morgan fingerprint density at radius 3 is 2.67 bits per heavy atom. The Kier molecular flexibility index (Phi) is 4.97. The van der Waals surface area contributed by atoms with E-state index in [0.717, 1.165) is 63.1 Å². The summed E-state index contributed by atoms with van der Waals surface area (Å²) in [5.74, 6) is 0.134. The molecule has 1 N–H and O–H groups in total. The van der Waals surface area contributed by atoms with E-state index in [1.807, 2.05) is 43.0 Å². The predicted octanol–water partition coefficient (Wildman–Crippen LogP) is 3.03. The van der Waals surface area contributed by atoms with Crippen LogP contribution in [0.4, 0.5) is 0 Å². The van der Waals surface area contributed by atoms with E-state index in [1.54, 1.807) is 0 Å². The van der Waals surface area contributed by atoms with Crippen molar-refractivity contribution in [2.24, 2.45) is 5.41 Å². The number of nitrogens with zero attached hydrogens (tertiary/aromatic N) is 1. The molecule has 2 aliphatic heterocycles. The topological polar surface area (TPSA) is 49.8 Å². The van der Waals surface area contributed by atoms with Crippen molar-refractivity contribution in [1.29, 1.82) is 0 Å². The molecule has 4 heteroatoms. The quantitative estimate of drug-likeness (QED) is 0.922. The van der Waals surface area contributed by atoms with Crippen molar-refractivity contribution in [3.05, 3.63) is 35.4 Å². The molecule has 1 aromatic carbocycles. The molecule has 0 unspecified atom stereocenters. The third kappa shape index (κ3) is 4.17. The summed E-state index contributed by atoms with van der Waals surface area (Å²) in [5.41, 5.74) is 1.46. The average Bonchev–Trinajstić information content (AvgIpc) is 3.00. The smallest absolute Gasteiger partial charge is 0.253 e. The first-order valence-electron chi connectivity index (χ1n) is 9.05. The molecule has 3 rings (SSSR count). The van der Waals surface area contributed by atoms with Crippen LogP contribution in [-0.4, -0.2) is 47.8 Å². The maximum Gasteiger partial charge on any atom is 0.253 e. The number of ether oxygens (including phenoxy) is 1. The van der Waals surface area contributed by atoms with Crippen molar-refractivity contribution >= 4 is 5.91 Å². The molecule has 1 amide bonds. The lowest BCUT2D eigenvalue weighted by atomic mass is 9.79. The van der Waals surface area contributed by atoms with Gasteiger partial charge in [0, 0.05) is 30.7 Å². The molecule has 2 heterocycles. The minimum Gasteiger partial charge on any atom is -0.390 e. The molecule has 1 aromatic rings. The number of likely N-dealkylation sites (tertiary alicyclic amines) is 1. The zero-order valence-corrected chi connectivity index (χ0v) is 14.9. The summed E-state index contributed by atoms with van der Waals surface area (Å²) >= 11 is 0. The molecule has 0 aromatic heterocycles. The summed E-state index contributed by atoms with van der Waals surface area (Å²) in [4.78, 5) is 14.8. The Morgan fingerprint density at radius 2 is 2.04 bits per heavy atom. The van der Waals surface area contributed by atoms with Gasteiger partial charge in [-0.1, -0.05) is 12.1 Å². The maximum atomic E-state index is 12.8. The Labute approximate surface area is 144 Å². The molecule has 0 saturated carbocycles. The van der Waals surface area contributed by atoms with Crippen LogP contribution in [0.1, 0.15) is 55.5 Å². The van der Waals surface area contributed by atoms with Crippen LogP contribution in [-0.2, 0) is 11.2 Å². The van der Waals surface area contributed by atoms with Gasteiger partial charge in [0.25, 0.3) is 5.91 Å². The highest BCUT2D eigenvalue weighted by Gasteiger charge is 2.40. The van der Waals surface area contributed by atoms with E-state index in [0.29, 0.717) is 0 Å². The van der Waals surface area contributed by atoms with Crippen LogP contribution in [0.5, 0.6) is 0 Å². The highest BCUT2D eigenvalue weighted by Crippen LogP contribution is 2.38. The van der Waals surface area contributed by atoms with Gasteiger partial charge in [0.1, 0.15) is 0 Å². The number of amides is 1. The number of hydrogen-bond acceptors (Lipinski definition) is 3. The lowest BCUT2D eigenvalue weighted by Gasteiger charge is -2.39. The minimum atomic E-state index is -0.653. The average molecular weight is 331 g/mol. The second kappa shape index (κ2) is 6.85. The first-order chi connectivity index (χ1) is 11.4. The molecule has 0 aliphatic carbocycles. The van der Waals surface area contributed by atoms with Gasteiger partial charge < -0.3 is 14.7 Å². The molecule has 24 heavy (non-hydrogen) atoms. The van der Waals surface area contributed by atoms with Gasteiger partial charge in [0.05, 0.1) is 12.2 Å². The third-order valence-electron chi connectivity index (χ3n) is 5.36. The van der Waals surface area contributed by atoms with Crippen molar-refractivity contribution in [1.82, 2.24) is 4.90 Å². The normalized spacial score (nSPS) is 24.5. The van der Waals surface area contributed by atoms with Gasteiger partial charge in [-0.05, 0) is 63.6 Å². The largest absolute Gasteiger partial charge is 0.390 e. The summed E-state index contributed by atoms with van der Waals surface area (Å²) in [6.07, 6.45) is 4.86. The maximum absolute atomic E-state index is 12.8. The number of aryl methyl sites for hydroxylation is 1. The number of rotatable bonds is 4. The van der Waals surface area contributed by atoms with Gasteiger partial charge in [0.2, 0.25) is 0 Å². The Hall–Kier alpha value is -1.39. The van der Waals surface area contributed by atoms with Gasteiger partial charge in [0.15, 0.2) is 0 Å². The van der Waals surface area contributed by atoms with Crippen molar-refractivity contribution in [3.8, 4) is 0 Å². The van der Waals surface area contributed by atoms with Crippen LogP contribution >= 0.6 is 0 Å². The number of hydrogen-bond donors (Lipinski definition) is 1. The van der Waals surface area contributed by atoms with Gasteiger partial charge in [-0.25, -0.2) is 0 Å². The molecule has 132 valence electrons.